The predicted molar refractivity (Wildman–Crippen MR) is 84.5 cm³/mol. The molecule has 6 nitrogen and oxygen atoms in total. The van der Waals surface area contributed by atoms with Crippen LogP contribution >= 0.6 is 0 Å². The molecule has 22 heavy (non-hydrogen) atoms. The highest BCUT2D eigenvalue weighted by Gasteiger charge is 2.27. The number of benzene rings is 2. The second-order valence-corrected chi connectivity index (χ2v) is 6.54. The first kappa shape index (κ1) is 16.0. The largest absolute Gasteiger partial charge is 0.293 e. The SMILES string of the molecule is Cc1ccccc1N(CC(=O)NN)S(=O)(=O)c1ccccc1. The number of rotatable bonds is 5. The Balaban J connectivity index is 2.54. The molecule has 0 bridgehead atoms. The first-order valence-corrected chi connectivity index (χ1v) is 8.03. The van der Waals surface area contributed by atoms with Gasteiger partial charge in [-0.3, -0.25) is 14.5 Å². The molecule has 0 saturated carbocycles. The van der Waals surface area contributed by atoms with Crippen LogP contribution in [-0.4, -0.2) is 20.9 Å². The van der Waals surface area contributed by atoms with Gasteiger partial charge in [-0.15, -0.1) is 0 Å². The van der Waals surface area contributed by atoms with Gasteiger partial charge in [0.2, 0.25) is 0 Å². The number of carbonyl (C=O) groups is 1. The van der Waals surface area contributed by atoms with E-state index in [0.29, 0.717) is 5.69 Å². The molecule has 7 heteroatoms. The van der Waals surface area contributed by atoms with E-state index in [0.717, 1.165) is 9.87 Å². The minimum atomic E-state index is -3.86. The molecule has 0 fully saturated rings. The molecule has 0 spiro atoms. The minimum absolute atomic E-state index is 0.114. The maximum atomic E-state index is 12.8. The molecule has 116 valence electrons. The average molecular weight is 319 g/mol. The second-order valence-electron chi connectivity index (χ2n) is 4.68. The van der Waals surface area contributed by atoms with Crippen LogP contribution in [0.3, 0.4) is 0 Å². The van der Waals surface area contributed by atoms with E-state index >= 15 is 0 Å². The van der Waals surface area contributed by atoms with E-state index in [1.54, 1.807) is 49.4 Å². The summed E-state index contributed by atoms with van der Waals surface area (Å²) in [4.78, 5) is 11.8. The van der Waals surface area contributed by atoms with Crippen LogP contribution in [0.4, 0.5) is 5.69 Å². The Bertz CT molecular complexity index is 761. The summed E-state index contributed by atoms with van der Waals surface area (Å²) in [6.07, 6.45) is 0. The van der Waals surface area contributed by atoms with Crippen LogP contribution < -0.4 is 15.6 Å². The molecule has 1 amide bonds. The highest BCUT2D eigenvalue weighted by atomic mass is 32.2. The summed E-state index contributed by atoms with van der Waals surface area (Å²) < 4.78 is 26.7. The maximum absolute atomic E-state index is 12.8. The van der Waals surface area contributed by atoms with Crippen LogP contribution in [0, 0.1) is 6.92 Å². The Morgan fingerprint density at radius 3 is 2.27 bits per heavy atom. The number of nitrogens with one attached hydrogen (secondary N) is 1. The Labute approximate surface area is 129 Å². The van der Waals surface area contributed by atoms with Crippen molar-refractivity contribution in [2.75, 3.05) is 10.8 Å². The summed E-state index contributed by atoms with van der Waals surface area (Å²) in [6, 6.07) is 14.9. The number of hydrazine groups is 1. The van der Waals surface area contributed by atoms with Gasteiger partial charge in [0.25, 0.3) is 15.9 Å². The molecule has 2 aromatic rings. The highest BCUT2D eigenvalue weighted by molar-refractivity contribution is 7.92. The summed E-state index contributed by atoms with van der Waals surface area (Å²) in [5.41, 5.74) is 3.15. The summed E-state index contributed by atoms with van der Waals surface area (Å²) in [5.74, 6) is 4.50. The number of aryl methyl sites for hydroxylation is 1. The molecule has 0 saturated heterocycles. The molecule has 0 aromatic heterocycles. The summed E-state index contributed by atoms with van der Waals surface area (Å²) in [5, 5.41) is 0. The molecule has 3 N–H and O–H groups in total. The van der Waals surface area contributed by atoms with Gasteiger partial charge in [0.05, 0.1) is 10.6 Å². The second kappa shape index (κ2) is 6.59. The number of amides is 1. The van der Waals surface area contributed by atoms with Gasteiger partial charge in [-0.1, -0.05) is 36.4 Å². The normalized spacial score (nSPS) is 11.0. The number of anilines is 1. The van der Waals surface area contributed by atoms with Crippen LogP contribution in [0.1, 0.15) is 5.56 Å². The third-order valence-electron chi connectivity index (χ3n) is 3.16. The lowest BCUT2D eigenvalue weighted by atomic mass is 10.2. The third-order valence-corrected chi connectivity index (χ3v) is 4.94. The third kappa shape index (κ3) is 3.26. The molecular weight excluding hydrogens is 302 g/mol. The zero-order valence-electron chi connectivity index (χ0n) is 12.1. The first-order chi connectivity index (χ1) is 10.5. The molecule has 2 rings (SSSR count). The number of carbonyl (C=O) groups excluding carboxylic acids is 1. The van der Waals surface area contributed by atoms with Crippen LogP contribution in [-0.2, 0) is 14.8 Å². The molecule has 0 radical (unpaired) electrons. The quantitative estimate of drug-likeness (QED) is 0.492. The number of para-hydroxylation sites is 1. The zero-order chi connectivity index (χ0) is 16.2. The van der Waals surface area contributed by atoms with E-state index in [9.17, 15) is 13.2 Å². The maximum Gasteiger partial charge on any atom is 0.264 e. The molecule has 0 aliphatic rings. The van der Waals surface area contributed by atoms with Gasteiger partial charge in [-0.05, 0) is 30.7 Å². The Morgan fingerprint density at radius 2 is 1.68 bits per heavy atom. The van der Waals surface area contributed by atoms with Gasteiger partial charge in [0, 0.05) is 0 Å². The van der Waals surface area contributed by atoms with E-state index in [2.05, 4.69) is 0 Å². The van der Waals surface area contributed by atoms with Crippen molar-refractivity contribution >= 4 is 21.6 Å². The van der Waals surface area contributed by atoms with Crippen molar-refractivity contribution in [2.24, 2.45) is 5.84 Å². The number of sulfonamides is 1. The van der Waals surface area contributed by atoms with Gasteiger partial charge in [-0.2, -0.15) is 0 Å². The van der Waals surface area contributed by atoms with Crippen molar-refractivity contribution < 1.29 is 13.2 Å². The monoisotopic (exact) mass is 319 g/mol. The van der Waals surface area contributed by atoms with Crippen molar-refractivity contribution in [1.29, 1.82) is 0 Å². The van der Waals surface area contributed by atoms with Gasteiger partial charge in [0.15, 0.2) is 0 Å². The number of hydrogen-bond acceptors (Lipinski definition) is 4. The fraction of sp³-hybridized carbons (Fsp3) is 0.133. The number of nitrogens with two attached hydrogens (primary N) is 1. The van der Waals surface area contributed by atoms with Crippen LogP contribution in [0.2, 0.25) is 0 Å². The van der Waals surface area contributed by atoms with Gasteiger partial charge in [-0.25, -0.2) is 14.3 Å². The van der Waals surface area contributed by atoms with Crippen molar-refractivity contribution in [3.05, 3.63) is 60.2 Å². The fourth-order valence-corrected chi connectivity index (χ4v) is 3.55. The molecule has 0 unspecified atom stereocenters. The average Bonchev–Trinajstić information content (AvgIpc) is 2.54. The van der Waals surface area contributed by atoms with Crippen LogP contribution in [0.15, 0.2) is 59.5 Å². The van der Waals surface area contributed by atoms with E-state index in [-0.39, 0.29) is 4.90 Å². The summed E-state index contributed by atoms with van der Waals surface area (Å²) in [6.45, 7) is 1.39. The Hall–Kier alpha value is -2.38. The molecular formula is C15H17N3O3S. The first-order valence-electron chi connectivity index (χ1n) is 6.59. The van der Waals surface area contributed by atoms with E-state index < -0.39 is 22.5 Å². The summed E-state index contributed by atoms with van der Waals surface area (Å²) in [7, 11) is -3.86. The number of hydrogen-bond donors (Lipinski definition) is 2. The van der Waals surface area contributed by atoms with Crippen LogP contribution in [0.5, 0.6) is 0 Å². The van der Waals surface area contributed by atoms with Crippen molar-refractivity contribution in [1.82, 2.24) is 5.43 Å². The van der Waals surface area contributed by atoms with Crippen molar-refractivity contribution in [2.45, 2.75) is 11.8 Å². The molecule has 0 aliphatic carbocycles. The van der Waals surface area contributed by atoms with Crippen molar-refractivity contribution in [3.8, 4) is 0 Å². The molecule has 2 aromatic carbocycles. The lowest BCUT2D eigenvalue weighted by Gasteiger charge is -2.25. The molecule has 0 heterocycles. The van der Waals surface area contributed by atoms with Gasteiger partial charge in [0.1, 0.15) is 6.54 Å². The topological polar surface area (TPSA) is 92.5 Å². The zero-order valence-corrected chi connectivity index (χ0v) is 12.9. The smallest absolute Gasteiger partial charge is 0.264 e. The van der Waals surface area contributed by atoms with E-state index in [4.69, 9.17) is 5.84 Å². The van der Waals surface area contributed by atoms with E-state index in [1.807, 2.05) is 5.43 Å². The minimum Gasteiger partial charge on any atom is -0.293 e. The standard InChI is InChI=1S/C15H17N3O3S/c1-12-7-5-6-10-14(12)18(11-15(19)17-16)22(20,21)13-8-3-2-4-9-13/h2-10H,11,16H2,1H3,(H,17,19). The Kier molecular flexibility index (Phi) is 4.79. The molecule has 0 aliphatic heterocycles. The predicted octanol–water partition coefficient (Wildman–Crippen LogP) is 1.18. The Morgan fingerprint density at radius 1 is 1.09 bits per heavy atom. The van der Waals surface area contributed by atoms with E-state index in [1.165, 1.54) is 12.1 Å². The lowest BCUT2D eigenvalue weighted by Crippen LogP contribution is -2.43. The van der Waals surface area contributed by atoms with Crippen LogP contribution in [0.25, 0.3) is 0 Å². The fourth-order valence-electron chi connectivity index (χ4n) is 2.04. The number of nitrogens with zero attached hydrogens (tertiary/aromatic N) is 1. The molecule has 0 atom stereocenters. The highest BCUT2D eigenvalue weighted by Crippen LogP contribution is 2.26. The summed E-state index contributed by atoms with van der Waals surface area (Å²) >= 11 is 0. The van der Waals surface area contributed by atoms with Crippen molar-refractivity contribution in [3.63, 3.8) is 0 Å². The van der Waals surface area contributed by atoms with Gasteiger partial charge < -0.3 is 0 Å². The van der Waals surface area contributed by atoms with Gasteiger partial charge >= 0.3 is 0 Å². The lowest BCUT2D eigenvalue weighted by molar-refractivity contribution is -0.119.